The van der Waals surface area contributed by atoms with E-state index in [2.05, 4.69) is 52.0 Å². The van der Waals surface area contributed by atoms with Crippen molar-refractivity contribution in [3.63, 3.8) is 0 Å². The quantitative estimate of drug-likeness (QED) is 0.0857. The first kappa shape index (κ1) is 44.1. The van der Waals surface area contributed by atoms with Crippen molar-refractivity contribution in [2.45, 2.75) is 38.5 Å². The molecule has 3 amide bonds. The van der Waals surface area contributed by atoms with Gasteiger partial charge in [-0.2, -0.15) is 12.7 Å². The number of carbonyl (C=O) groups is 4. The molecule has 0 radical (unpaired) electrons. The molecule has 0 bridgehead atoms. The number of pyridine rings is 1. The molecular formula is C44H47F2N11O6S. The van der Waals surface area contributed by atoms with Crippen LogP contribution in [0.3, 0.4) is 0 Å². The number of ketones is 1. The van der Waals surface area contributed by atoms with Gasteiger partial charge < -0.3 is 14.8 Å². The van der Waals surface area contributed by atoms with Crippen molar-refractivity contribution < 1.29 is 36.4 Å². The van der Waals surface area contributed by atoms with E-state index in [-0.39, 0.29) is 35.2 Å². The minimum absolute atomic E-state index is 0.0676. The summed E-state index contributed by atoms with van der Waals surface area (Å²) in [6.45, 7) is 5.81. The molecule has 8 rings (SSSR count). The molecule has 0 aliphatic carbocycles. The van der Waals surface area contributed by atoms with Crippen LogP contribution >= 0.6 is 0 Å². The van der Waals surface area contributed by atoms with Gasteiger partial charge in [0.2, 0.25) is 29.5 Å². The van der Waals surface area contributed by atoms with Gasteiger partial charge in [-0.3, -0.25) is 39.1 Å². The normalized spacial score (nSPS) is 18.0. The number of hydrogen-bond acceptors (Lipinski definition) is 12. The average molecular weight is 896 g/mol. The molecule has 64 heavy (non-hydrogen) atoms. The van der Waals surface area contributed by atoms with E-state index in [1.54, 1.807) is 37.8 Å². The first-order chi connectivity index (χ1) is 30.8. The molecule has 0 saturated carbocycles. The lowest BCUT2D eigenvalue weighted by molar-refractivity contribution is -0.135. The molecule has 3 aromatic heterocycles. The second-order valence-corrected chi connectivity index (χ2v) is 17.9. The predicted octanol–water partition coefficient (Wildman–Crippen LogP) is 4.42. The summed E-state index contributed by atoms with van der Waals surface area (Å²) in [6, 6.07) is 11.4. The number of aliphatic imine (C=N–C) groups is 1. The van der Waals surface area contributed by atoms with Gasteiger partial charge in [-0.15, -0.1) is 0 Å². The van der Waals surface area contributed by atoms with Crippen molar-refractivity contribution in [3.05, 3.63) is 95.6 Å². The first-order valence-electron chi connectivity index (χ1n) is 21.1. The van der Waals surface area contributed by atoms with E-state index in [0.717, 1.165) is 48.1 Å². The molecule has 3 N–H and O–H groups in total. The number of nitrogens with one attached hydrogen (secondary N) is 3. The molecule has 17 nitrogen and oxygen atoms in total. The summed E-state index contributed by atoms with van der Waals surface area (Å²) in [5.41, 5.74) is 1.84. The van der Waals surface area contributed by atoms with Crippen molar-refractivity contribution in [3.8, 4) is 11.1 Å². The van der Waals surface area contributed by atoms with E-state index in [4.69, 9.17) is 0 Å². The fraction of sp³-hybridized carbons (Fsp3) is 0.364. The van der Waals surface area contributed by atoms with Gasteiger partial charge in [-0.1, -0.05) is 19.1 Å². The Bertz CT molecular complexity index is 2720. The Morgan fingerprint density at radius 1 is 0.938 bits per heavy atom. The number of nitrogens with zero attached hydrogens (tertiary/aromatic N) is 8. The third-order valence-corrected chi connectivity index (χ3v) is 13.6. The zero-order valence-electron chi connectivity index (χ0n) is 35.3. The third kappa shape index (κ3) is 9.53. The van der Waals surface area contributed by atoms with Crippen LogP contribution in [0.15, 0.2) is 72.2 Å². The SMILES string of the molecule is CCN(C)S(=O)(=O)Nc1ccc(F)c(C(=O)c2c[nH]c3ncc(-c4cnc(N5CCN(C(=O)CN6CCC(c7ccc(N=CC8CCC(=O)NC8=O)cc7)CC6)CC5)nc4)cc23)c1F. The average Bonchev–Trinajstić information content (AvgIpc) is 3.73. The number of carbonyl (C=O) groups excluding carboxylic acids is 4. The molecule has 3 aliphatic rings. The second-order valence-electron chi connectivity index (χ2n) is 16.1. The van der Waals surface area contributed by atoms with Crippen LogP contribution in [-0.4, -0.2) is 132 Å². The Balaban J connectivity index is 0.830. The number of rotatable bonds is 13. The molecule has 20 heteroatoms. The Morgan fingerprint density at radius 3 is 2.33 bits per heavy atom. The Kier molecular flexibility index (Phi) is 12.9. The van der Waals surface area contributed by atoms with Crippen molar-refractivity contribution in [1.29, 1.82) is 0 Å². The highest BCUT2D eigenvalue weighted by atomic mass is 32.2. The number of aromatic amines is 1. The summed E-state index contributed by atoms with van der Waals surface area (Å²) >= 11 is 0. The fourth-order valence-corrected chi connectivity index (χ4v) is 9.01. The van der Waals surface area contributed by atoms with Gasteiger partial charge >= 0.3 is 10.2 Å². The molecule has 2 aromatic carbocycles. The van der Waals surface area contributed by atoms with Crippen LogP contribution < -0.4 is 14.9 Å². The van der Waals surface area contributed by atoms with Crippen LogP contribution in [0.2, 0.25) is 0 Å². The largest absolute Gasteiger partial charge is 0.345 e. The number of imide groups is 1. The van der Waals surface area contributed by atoms with Gasteiger partial charge in [0.25, 0.3) is 0 Å². The summed E-state index contributed by atoms with van der Waals surface area (Å²) in [5.74, 6) is -3.52. The number of fused-ring (bicyclic) bond motifs is 1. The monoisotopic (exact) mass is 895 g/mol. The lowest BCUT2D eigenvalue weighted by Gasteiger charge is -2.37. The number of H-pyrrole nitrogens is 1. The smallest absolute Gasteiger partial charge is 0.301 e. The van der Waals surface area contributed by atoms with Gasteiger partial charge in [-0.25, -0.2) is 23.7 Å². The van der Waals surface area contributed by atoms with E-state index < -0.39 is 44.8 Å². The summed E-state index contributed by atoms with van der Waals surface area (Å²) in [6.07, 6.45) is 10.3. The van der Waals surface area contributed by atoms with Gasteiger partial charge in [0.15, 0.2) is 5.82 Å². The van der Waals surface area contributed by atoms with Crippen molar-refractivity contribution in [2.24, 2.45) is 10.9 Å². The Labute approximate surface area is 368 Å². The lowest BCUT2D eigenvalue weighted by atomic mass is 9.89. The molecular weight excluding hydrogens is 849 g/mol. The van der Waals surface area contributed by atoms with Crippen molar-refractivity contribution >= 4 is 68.3 Å². The molecule has 334 valence electrons. The number of benzene rings is 2. The number of piperidine rings is 2. The summed E-state index contributed by atoms with van der Waals surface area (Å²) in [5, 5.41) is 2.63. The second kappa shape index (κ2) is 18.7. The number of anilines is 2. The highest BCUT2D eigenvalue weighted by Gasteiger charge is 2.30. The summed E-state index contributed by atoms with van der Waals surface area (Å²) < 4.78 is 58.7. The highest BCUT2D eigenvalue weighted by Crippen LogP contribution is 2.32. The number of amides is 3. The zero-order chi connectivity index (χ0) is 45.1. The third-order valence-electron chi connectivity index (χ3n) is 12.1. The zero-order valence-corrected chi connectivity index (χ0v) is 36.1. The maximum Gasteiger partial charge on any atom is 0.301 e. The molecule has 5 aromatic rings. The summed E-state index contributed by atoms with van der Waals surface area (Å²) in [4.78, 5) is 77.3. The van der Waals surface area contributed by atoms with E-state index in [0.29, 0.717) is 74.2 Å². The predicted molar refractivity (Wildman–Crippen MR) is 235 cm³/mol. The van der Waals surface area contributed by atoms with Crippen molar-refractivity contribution in [1.82, 2.24) is 39.4 Å². The van der Waals surface area contributed by atoms with E-state index >= 15 is 8.78 Å². The number of likely N-dealkylation sites (tertiary alicyclic amines) is 1. The van der Waals surface area contributed by atoms with Crippen LogP contribution in [0.25, 0.3) is 22.2 Å². The number of halogens is 2. The Hall–Kier alpha value is -6.51. The highest BCUT2D eigenvalue weighted by molar-refractivity contribution is 7.90. The van der Waals surface area contributed by atoms with E-state index in [1.165, 1.54) is 18.8 Å². The topological polar surface area (TPSA) is 206 Å². The number of piperazine rings is 1. The molecule has 6 heterocycles. The molecule has 0 spiro atoms. The van der Waals surface area contributed by atoms with Gasteiger partial charge in [0.05, 0.1) is 29.4 Å². The van der Waals surface area contributed by atoms with Gasteiger partial charge in [0, 0.05) is 99.3 Å². The van der Waals surface area contributed by atoms with Crippen LogP contribution in [-0.2, 0) is 24.6 Å². The Morgan fingerprint density at radius 2 is 1.64 bits per heavy atom. The molecule has 1 unspecified atom stereocenters. The number of hydrogen-bond donors (Lipinski definition) is 3. The van der Waals surface area contributed by atoms with E-state index in [9.17, 15) is 27.6 Å². The van der Waals surface area contributed by atoms with Gasteiger partial charge in [0.1, 0.15) is 11.5 Å². The fourth-order valence-electron chi connectivity index (χ4n) is 8.08. The standard InChI is InChI=1S/C44H47F2N11O6S/c1-3-54(2)64(62,63)53-36-10-9-35(45)39(40(36)46)41(60)34-25-49-42-33(34)20-30(22-48-42)31-23-50-44(51-24-31)57-18-16-56(17-19-57)38(59)26-55-14-12-28(13-15-55)27-4-7-32(8-5-27)47-21-29-6-11-37(58)52-43(29)61/h4-5,7-10,20-25,28-29,53H,3,6,11-19,26H2,1-2H3,(H,48,49)(H,52,58,61). The molecule has 3 aliphatic heterocycles. The molecule has 3 fully saturated rings. The van der Waals surface area contributed by atoms with Crippen LogP contribution in [0.5, 0.6) is 0 Å². The van der Waals surface area contributed by atoms with Gasteiger partial charge in [-0.05, 0) is 74.2 Å². The maximum absolute atomic E-state index is 15.6. The van der Waals surface area contributed by atoms with Crippen molar-refractivity contribution in [2.75, 3.05) is 69.0 Å². The molecule has 3 saturated heterocycles. The minimum Gasteiger partial charge on any atom is -0.345 e. The van der Waals surface area contributed by atoms with Crippen LogP contribution in [0.4, 0.5) is 26.1 Å². The van der Waals surface area contributed by atoms with Crippen LogP contribution in [0, 0.1) is 17.6 Å². The summed E-state index contributed by atoms with van der Waals surface area (Å²) in [7, 11) is -2.86. The first-order valence-corrected chi connectivity index (χ1v) is 22.5. The molecule has 1 atom stereocenters. The van der Waals surface area contributed by atoms with E-state index in [1.807, 2.05) is 21.9 Å². The maximum atomic E-state index is 15.6. The van der Waals surface area contributed by atoms with Crippen LogP contribution in [0.1, 0.15) is 60.0 Å². The minimum atomic E-state index is -4.15. The lowest BCUT2D eigenvalue weighted by Crippen LogP contribution is -2.52. The number of aromatic nitrogens is 4.